The number of hydrogen-bond donors (Lipinski definition) is 2. The van der Waals surface area contributed by atoms with Crippen LogP contribution in [0.2, 0.25) is 0 Å². The summed E-state index contributed by atoms with van der Waals surface area (Å²) < 4.78 is 1.04. The second-order valence-corrected chi connectivity index (χ2v) is 7.11. The third-order valence-electron chi connectivity index (χ3n) is 3.94. The summed E-state index contributed by atoms with van der Waals surface area (Å²) in [5.74, 6) is 0.514. The van der Waals surface area contributed by atoms with Gasteiger partial charge >= 0.3 is 0 Å². The van der Waals surface area contributed by atoms with Gasteiger partial charge in [-0.1, -0.05) is 41.9 Å². The number of halogens is 1. The molecule has 3 nitrogen and oxygen atoms in total. The molecule has 1 aromatic carbocycles. The van der Waals surface area contributed by atoms with Crippen LogP contribution in [0.5, 0.6) is 0 Å². The van der Waals surface area contributed by atoms with Gasteiger partial charge in [-0.2, -0.15) is 0 Å². The van der Waals surface area contributed by atoms with Crippen molar-refractivity contribution in [3.63, 3.8) is 0 Å². The molecule has 1 fully saturated rings. The monoisotopic (exact) mass is 321 g/mol. The van der Waals surface area contributed by atoms with Crippen molar-refractivity contribution < 1.29 is 0 Å². The van der Waals surface area contributed by atoms with E-state index < -0.39 is 0 Å². The van der Waals surface area contributed by atoms with E-state index in [2.05, 4.69) is 41.9 Å². The lowest BCUT2D eigenvalue weighted by Gasteiger charge is -2.54. The Morgan fingerprint density at radius 3 is 2.47 bits per heavy atom. The molecular formula is C15H20BrN3. The Bertz CT molecular complexity index is 514. The van der Waals surface area contributed by atoms with Crippen LogP contribution in [0.1, 0.15) is 32.3 Å². The number of amidine groups is 1. The van der Waals surface area contributed by atoms with E-state index in [1.165, 1.54) is 11.9 Å². The van der Waals surface area contributed by atoms with Crippen molar-refractivity contribution in [2.24, 2.45) is 5.41 Å². The van der Waals surface area contributed by atoms with Gasteiger partial charge in [-0.05, 0) is 36.0 Å². The van der Waals surface area contributed by atoms with E-state index in [1.807, 2.05) is 12.1 Å². The van der Waals surface area contributed by atoms with Crippen molar-refractivity contribution in [3.05, 3.63) is 34.3 Å². The number of hydrogen-bond acceptors (Lipinski definition) is 2. The third-order valence-corrected chi connectivity index (χ3v) is 4.43. The first kappa shape index (κ1) is 14.3. The van der Waals surface area contributed by atoms with E-state index in [4.69, 9.17) is 10.8 Å². The molecule has 1 aliphatic rings. The molecule has 0 radical (unpaired) electrons. The van der Waals surface area contributed by atoms with Crippen molar-refractivity contribution in [1.29, 1.82) is 10.8 Å². The van der Waals surface area contributed by atoms with Crippen LogP contribution in [-0.2, 0) is 5.41 Å². The largest absolute Gasteiger partial charge is 0.324 e. The molecule has 0 atom stereocenters. The van der Waals surface area contributed by atoms with Crippen LogP contribution in [0.25, 0.3) is 0 Å². The molecule has 0 saturated heterocycles. The van der Waals surface area contributed by atoms with Crippen LogP contribution in [0, 0.1) is 16.2 Å². The molecule has 0 unspecified atom stereocenters. The molecule has 0 aromatic heterocycles. The van der Waals surface area contributed by atoms with Crippen LogP contribution >= 0.6 is 15.9 Å². The zero-order valence-electron chi connectivity index (χ0n) is 11.6. The summed E-state index contributed by atoms with van der Waals surface area (Å²) in [6.45, 7) is 4.47. The van der Waals surface area contributed by atoms with E-state index in [0.29, 0.717) is 5.84 Å². The molecular weight excluding hydrogens is 302 g/mol. The lowest BCUT2D eigenvalue weighted by Crippen LogP contribution is -2.56. The minimum Gasteiger partial charge on any atom is -0.324 e. The van der Waals surface area contributed by atoms with Gasteiger partial charge in [-0.25, -0.2) is 0 Å². The van der Waals surface area contributed by atoms with Gasteiger partial charge in [0.15, 0.2) is 0 Å². The van der Waals surface area contributed by atoms with Crippen LogP contribution in [0.15, 0.2) is 28.7 Å². The van der Waals surface area contributed by atoms with E-state index >= 15 is 0 Å². The first-order chi connectivity index (χ1) is 8.81. The molecule has 0 amide bonds. The van der Waals surface area contributed by atoms with Gasteiger partial charge in [-0.3, -0.25) is 10.8 Å². The Labute approximate surface area is 123 Å². The van der Waals surface area contributed by atoms with Crippen molar-refractivity contribution in [1.82, 2.24) is 4.90 Å². The van der Waals surface area contributed by atoms with E-state index in [9.17, 15) is 0 Å². The SMILES string of the molecule is CN(C=N)C(=N)C1(c2cccc(Br)c2)CC(C)(C)C1. The zero-order valence-corrected chi connectivity index (χ0v) is 13.2. The minimum atomic E-state index is -0.250. The predicted molar refractivity (Wildman–Crippen MR) is 83.1 cm³/mol. The van der Waals surface area contributed by atoms with Crippen molar-refractivity contribution in [3.8, 4) is 0 Å². The van der Waals surface area contributed by atoms with Gasteiger partial charge in [0.05, 0.1) is 11.8 Å². The standard InChI is InChI=1S/C15H20BrN3/c1-14(2)8-15(9-14,13(18)19(3)10-17)11-5-4-6-12(16)7-11/h4-7,10,17-18H,8-9H2,1-3H3. The Morgan fingerprint density at radius 2 is 2.00 bits per heavy atom. The highest BCUT2D eigenvalue weighted by Crippen LogP contribution is 2.56. The fourth-order valence-corrected chi connectivity index (χ4v) is 3.68. The van der Waals surface area contributed by atoms with Crippen LogP contribution in [-0.4, -0.2) is 24.1 Å². The zero-order chi connectivity index (χ0) is 14.3. The van der Waals surface area contributed by atoms with Gasteiger partial charge in [0.2, 0.25) is 0 Å². The smallest absolute Gasteiger partial charge is 0.112 e. The Hall–Kier alpha value is -1.16. The molecule has 19 heavy (non-hydrogen) atoms. The lowest BCUT2D eigenvalue weighted by molar-refractivity contribution is 0.102. The van der Waals surface area contributed by atoms with E-state index in [-0.39, 0.29) is 10.8 Å². The number of likely N-dealkylation sites (N-methyl/N-ethyl adjacent to an activating group) is 1. The van der Waals surface area contributed by atoms with Crippen molar-refractivity contribution >= 4 is 28.1 Å². The quantitative estimate of drug-likeness (QED) is 0.641. The maximum Gasteiger partial charge on any atom is 0.112 e. The van der Waals surface area contributed by atoms with Crippen LogP contribution in [0.3, 0.4) is 0 Å². The molecule has 2 N–H and O–H groups in total. The van der Waals surface area contributed by atoms with E-state index in [0.717, 1.165) is 17.3 Å². The summed E-state index contributed by atoms with van der Waals surface area (Å²) in [4.78, 5) is 1.61. The second kappa shape index (κ2) is 4.75. The predicted octanol–water partition coefficient (Wildman–Crippen LogP) is 4.02. The Balaban J connectivity index is 2.43. The van der Waals surface area contributed by atoms with Gasteiger partial charge in [0.25, 0.3) is 0 Å². The molecule has 4 heteroatoms. The van der Waals surface area contributed by atoms with Crippen LogP contribution in [0.4, 0.5) is 0 Å². The molecule has 0 spiro atoms. The Kier molecular flexibility index (Phi) is 3.56. The highest BCUT2D eigenvalue weighted by molar-refractivity contribution is 9.10. The molecule has 1 aromatic rings. The lowest BCUT2D eigenvalue weighted by atomic mass is 9.51. The second-order valence-electron chi connectivity index (χ2n) is 6.20. The molecule has 1 saturated carbocycles. The highest BCUT2D eigenvalue weighted by atomic mass is 79.9. The maximum atomic E-state index is 8.44. The molecule has 1 aliphatic carbocycles. The van der Waals surface area contributed by atoms with E-state index in [1.54, 1.807) is 11.9 Å². The number of rotatable bonds is 3. The van der Waals surface area contributed by atoms with Gasteiger partial charge in [0.1, 0.15) is 5.84 Å². The molecule has 2 rings (SSSR count). The Morgan fingerprint density at radius 1 is 1.37 bits per heavy atom. The van der Waals surface area contributed by atoms with Crippen LogP contribution < -0.4 is 0 Å². The average Bonchev–Trinajstić information content (AvgIpc) is 2.33. The normalized spacial score (nSPS) is 19.4. The average molecular weight is 322 g/mol. The maximum absolute atomic E-state index is 8.44. The summed E-state index contributed by atoms with van der Waals surface area (Å²) >= 11 is 3.51. The summed E-state index contributed by atoms with van der Waals surface area (Å²) in [5.41, 5.74) is 1.18. The first-order valence-electron chi connectivity index (χ1n) is 6.39. The number of benzene rings is 1. The van der Waals surface area contributed by atoms with Gasteiger partial charge in [0, 0.05) is 11.5 Å². The van der Waals surface area contributed by atoms with Crippen molar-refractivity contribution in [2.75, 3.05) is 7.05 Å². The fourth-order valence-electron chi connectivity index (χ4n) is 3.28. The minimum absolute atomic E-state index is 0.250. The van der Waals surface area contributed by atoms with Crippen molar-refractivity contribution in [2.45, 2.75) is 32.1 Å². The highest BCUT2D eigenvalue weighted by Gasteiger charge is 2.53. The summed E-state index contributed by atoms with van der Waals surface area (Å²) in [7, 11) is 1.78. The third kappa shape index (κ3) is 2.46. The molecule has 102 valence electrons. The molecule has 0 bridgehead atoms. The van der Waals surface area contributed by atoms with Gasteiger partial charge < -0.3 is 4.90 Å². The first-order valence-corrected chi connectivity index (χ1v) is 7.19. The number of nitrogens with zero attached hydrogens (tertiary/aromatic N) is 1. The topological polar surface area (TPSA) is 50.9 Å². The summed E-state index contributed by atoms with van der Waals surface area (Å²) in [5, 5.41) is 15.8. The molecule has 0 heterocycles. The summed E-state index contributed by atoms with van der Waals surface area (Å²) in [6, 6.07) is 8.21. The fraction of sp³-hybridized carbons (Fsp3) is 0.467. The molecule has 0 aliphatic heterocycles. The number of nitrogens with one attached hydrogen (secondary N) is 2. The summed E-state index contributed by atoms with van der Waals surface area (Å²) in [6.07, 6.45) is 3.12. The van der Waals surface area contributed by atoms with Gasteiger partial charge in [-0.15, -0.1) is 0 Å².